The van der Waals surface area contributed by atoms with Gasteiger partial charge in [0.15, 0.2) is 0 Å². The second-order valence-electron chi connectivity index (χ2n) is 8.24. The molecule has 0 aromatic carbocycles. The topological polar surface area (TPSA) is 68.2 Å². The minimum Gasteiger partial charge on any atom is -0.389 e. The summed E-state index contributed by atoms with van der Waals surface area (Å²) in [7, 11) is 0. The lowest BCUT2D eigenvalue weighted by Gasteiger charge is -2.64. The molecule has 4 saturated carbocycles. The summed E-state index contributed by atoms with van der Waals surface area (Å²) < 4.78 is 36.1. The number of rotatable bonds is 8. The molecule has 0 amide bonds. The zero-order valence-corrected chi connectivity index (χ0v) is 14.9. The monoisotopic (exact) mass is 368 g/mol. The van der Waals surface area contributed by atoms with Crippen molar-refractivity contribution in [1.29, 1.82) is 0 Å². The highest BCUT2D eigenvalue weighted by molar-refractivity contribution is 7.95. The van der Waals surface area contributed by atoms with Gasteiger partial charge in [-0.05, 0) is 61.2 Å². The van der Waals surface area contributed by atoms with Gasteiger partial charge in [-0.2, -0.15) is 8.78 Å². The van der Waals surface area contributed by atoms with Crippen molar-refractivity contribution < 1.29 is 33.3 Å². The van der Waals surface area contributed by atoms with Gasteiger partial charge in [0.1, 0.15) is 18.6 Å². The Kier molecular flexibility index (Phi) is 5.19. The van der Waals surface area contributed by atoms with Crippen LogP contribution in [0.3, 0.4) is 0 Å². The molecule has 4 aliphatic carbocycles. The maximum absolute atomic E-state index is 13.5. The Morgan fingerprint density at radius 2 is 1.83 bits per heavy atom. The maximum atomic E-state index is 13.5. The Bertz CT molecular complexity index is 446. The third-order valence-corrected chi connectivity index (χ3v) is 6.90. The molecular weight excluding hydrogens is 342 g/mol. The first-order valence-corrected chi connectivity index (χ1v) is 9.29. The summed E-state index contributed by atoms with van der Waals surface area (Å²) in [6, 6.07) is 0. The maximum Gasteiger partial charge on any atom is 0.343 e. The molecule has 4 rings (SSSR count). The average Bonchev–Trinajstić information content (AvgIpc) is 2.49. The number of aliphatic hydroxyl groups is 1. The average molecular weight is 368 g/mol. The highest BCUT2D eigenvalue weighted by Gasteiger charge is 2.62. The Labute approximate surface area is 145 Å². The Balaban J connectivity index is 1.60. The van der Waals surface area contributed by atoms with E-state index >= 15 is 0 Å². The van der Waals surface area contributed by atoms with E-state index in [2.05, 4.69) is 23.2 Å². The molecule has 140 valence electrons. The van der Waals surface area contributed by atoms with Gasteiger partial charge in [0.05, 0.1) is 12.2 Å². The van der Waals surface area contributed by atoms with Crippen LogP contribution in [0.5, 0.6) is 0 Å². The first-order chi connectivity index (χ1) is 11.2. The number of hydrogen-bond donors (Lipinski definition) is 2. The first-order valence-electron chi connectivity index (χ1n) is 8.55. The summed E-state index contributed by atoms with van der Waals surface area (Å²) in [6.45, 7) is 3.64. The van der Waals surface area contributed by atoms with Crippen LogP contribution in [0, 0.1) is 29.1 Å². The summed E-state index contributed by atoms with van der Waals surface area (Å²) in [5.74, 6) is 1.27. The summed E-state index contributed by atoms with van der Waals surface area (Å²) in [4.78, 5) is 0. The zero-order valence-electron chi connectivity index (χ0n) is 14.0. The predicted molar refractivity (Wildman–Crippen MR) is 83.9 cm³/mol. The molecule has 2 unspecified atom stereocenters. The van der Waals surface area contributed by atoms with Crippen molar-refractivity contribution in [2.24, 2.45) is 29.1 Å². The third kappa shape index (κ3) is 3.33. The standard InChI is InChI=1S/C16H26F2O5S/c1-10(2)16(19)12-3-11-4-13(16)7-14(5-11,6-12)8-21-9-15(17,18)24-23-22-20/h10-13,19-20H,3-9H2,1-2H3. The van der Waals surface area contributed by atoms with Crippen LogP contribution in [0.1, 0.15) is 46.0 Å². The molecular formula is C16H26F2O5S. The fraction of sp³-hybridized carbons (Fsp3) is 1.00. The van der Waals surface area contributed by atoms with Crippen LogP contribution in [0.25, 0.3) is 0 Å². The van der Waals surface area contributed by atoms with E-state index in [1.54, 1.807) is 0 Å². The fourth-order valence-corrected chi connectivity index (χ4v) is 6.04. The molecule has 0 heterocycles. The number of ether oxygens (including phenoxy) is 1. The van der Waals surface area contributed by atoms with Gasteiger partial charge in [-0.25, -0.2) is 5.26 Å². The second kappa shape index (κ2) is 6.63. The third-order valence-electron chi connectivity index (χ3n) is 6.41. The Morgan fingerprint density at radius 1 is 1.21 bits per heavy atom. The van der Waals surface area contributed by atoms with Crippen molar-refractivity contribution in [3.8, 4) is 0 Å². The number of alkyl halides is 2. The molecule has 8 heteroatoms. The van der Waals surface area contributed by atoms with Crippen LogP contribution in [-0.4, -0.2) is 34.4 Å². The van der Waals surface area contributed by atoms with Gasteiger partial charge in [-0.1, -0.05) is 18.9 Å². The minimum atomic E-state index is -3.29. The van der Waals surface area contributed by atoms with E-state index in [-0.39, 0.29) is 41.8 Å². The molecule has 0 radical (unpaired) electrons. The van der Waals surface area contributed by atoms with Crippen molar-refractivity contribution in [2.75, 3.05) is 13.2 Å². The van der Waals surface area contributed by atoms with E-state index in [1.807, 2.05) is 0 Å². The molecule has 5 nitrogen and oxygen atoms in total. The molecule has 4 fully saturated rings. The molecule has 4 aliphatic rings. The van der Waals surface area contributed by atoms with Gasteiger partial charge in [-0.15, -0.1) is 4.33 Å². The van der Waals surface area contributed by atoms with Gasteiger partial charge in [0, 0.05) is 0 Å². The van der Waals surface area contributed by atoms with Gasteiger partial charge in [0.25, 0.3) is 0 Å². The molecule has 0 aromatic heterocycles. The summed E-state index contributed by atoms with van der Waals surface area (Å²) in [5, 5.41) is 19.1. The SMILES string of the molecule is CC(C)C1(O)C2CC3CC1CC(COCC(F)(F)SOOO)(C3)C2. The largest absolute Gasteiger partial charge is 0.389 e. The smallest absolute Gasteiger partial charge is 0.343 e. The molecule has 0 spiro atoms. The van der Waals surface area contributed by atoms with E-state index < -0.39 is 17.5 Å². The summed E-state index contributed by atoms with van der Waals surface area (Å²) in [5.41, 5.74) is -0.709. The van der Waals surface area contributed by atoms with Gasteiger partial charge in [-0.3, -0.25) is 0 Å². The number of hydrogen-bond acceptors (Lipinski definition) is 6. The van der Waals surface area contributed by atoms with Crippen molar-refractivity contribution >= 4 is 12.0 Å². The Morgan fingerprint density at radius 3 is 2.38 bits per heavy atom. The zero-order chi connectivity index (χ0) is 17.6. The van der Waals surface area contributed by atoms with Crippen LogP contribution >= 0.6 is 12.0 Å². The van der Waals surface area contributed by atoms with E-state index in [1.165, 1.54) is 0 Å². The highest BCUT2D eigenvalue weighted by Crippen LogP contribution is 2.65. The van der Waals surface area contributed by atoms with Crippen molar-refractivity contribution in [1.82, 2.24) is 0 Å². The van der Waals surface area contributed by atoms with Crippen LogP contribution < -0.4 is 0 Å². The molecule has 24 heavy (non-hydrogen) atoms. The molecule has 2 N–H and O–H groups in total. The molecule has 4 bridgehead atoms. The van der Waals surface area contributed by atoms with Crippen LogP contribution in [0.15, 0.2) is 0 Å². The molecule has 2 atom stereocenters. The van der Waals surface area contributed by atoms with Gasteiger partial charge < -0.3 is 9.84 Å². The predicted octanol–water partition coefficient (Wildman–Crippen LogP) is 3.88. The Hall–Kier alpha value is 0.01000. The van der Waals surface area contributed by atoms with E-state index in [9.17, 15) is 13.9 Å². The normalized spacial score (nSPS) is 41.4. The number of halogens is 2. The first kappa shape index (κ1) is 18.8. The van der Waals surface area contributed by atoms with E-state index in [0.717, 1.165) is 32.1 Å². The van der Waals surface area contributed by atoms with Crippen molar-refractivity contribution in [3.63, 3.8) is 0 Å². The molecule has 0 aromatic rings. The molecule has 0 saturated heterocycles. The molecule has 0 aliphatic heterocycles. The van der Waals surface area contributed by atoms with Crippen LogP contribution in [-0.2, 0) is 14.1 Å². The van der Waals surface area contributed by atoms with E-state index in [4.69, 9.17) is 9.99 Å². The summed E-state index contributed by atoms with van der Waals surface area (Å²) in [6.07, 6.45) is 4.79. The van der Waals surface area contributed by atoms with Crippen LogP contribution in [0.4, 0.5) is 8.78 Å². The highest BCUT2D eigenvalue weighted by atomic mass is 32.2. The second-order valence-corrected chi connectivity index (χ2v) is 9.14. The minimum absolute atomic E-state index is 0.0906. The lowest BCUT2D eigenvalue weighted by molar-refractivity contribution is -0.433. The van der Waals surface area contributed by atoms with E-state index in [0.29, 0.717) is 5.92 Å². The van der Waals surface area contributed by atoms with Crippen LogP contribution in [0.2, 0.25) is 0 Å². The summed E-state index contributed by atoms with van der Waals surface area (Å²) >= 11 is -0.271. The fourth-order valence-electron chi connectivity index (χ4n) is 5.77. The van der Waals surface area contributed by atoms with Gasteiger partial charge >= 0.3 is 5.25 Å². The van der Waals surface area contributed by atoms with Crippen molar-refractivity contribution in [3.05, 3.63) is 0 Å². The van der Waals surface area contributed by atoms with Crippen molar-refractivity contribution in [2.45, 2.75) is 56.8 Å². The quantitative estimate of drug-likeness (QED) is 0.385. The van der Waals surface area contributed by atoms with Gasteiger partial charge in [0.2, 0.25) is 0 Å². The lowest BCUT2D eigenvalue weighted by atomic mass is 9.43. The lowest BCUT2D eigenvalue weighted by Crippen LogP contribution is -2.64.